The molecule has 1 aromatic heterocycles. The van der Waals surface area contributed by atoms with Crippen molar-refractivity contribution in [3.8, 4) is 0 Å². The van der Waals surface area contributed by atoms with Gasteiger partial charge in [0, 0.05) is 6.07 Å². The number of nitrogens with zero attached hydrogens (tertiary/aromatic N) is 2. The van der Waals surface area contributed by atoms with Crippen LogP contribution in [-0.2, 0) is 21.0 Å². The van der Waals surface area contributed by atoms with Crippen molar-refractivity contribution in [2.75, 3.05) is 10.8 Å². The largest absolute Gasteiger partial charge is 0.459 e. The second kappa shape index (κ2) is 10.2. The van der Waals surface area contributed by atoms with Crippen LogP contribution in [0.25, 0.3) is 0 Å². The molecule has 13 heteroatoms. The molecule has 0 aliphatic rings. The van der Waals surface area contributed by atoms with E-state index in [1.807, 2.05) is 0 Å². The van der Waals surface area contributed by atoms with Gasteiger partial charge in [-0.1, -0.05) is 29.8 Å². The number of furan rings is 1. The second-order valence-corrected chi connectivity index (χ2v) is 9.96. The Balaban J connectivity index is 1.93. The van der Waals surface area contributed by atoms with Crippen LogP contribution in [0.1, 0.15) is 17.1 Å². The maximum Gasteiger partial charge on any atom is 0.417 e. The van der Waals surface area contributed by atoms with Crippen LogP contribution >= 0.6 is 27.5 Å². The van der Waals surface area contributed by atoms with Gasteiger partial charge in [0.25, 0.3) is 15.9 Å². The maximum absolute atomic E-state index is 13.4. The molecular formula is C21H16BrClF3N3O4S. The van der Waals surface area contributed by atoms with Crippen LogP contribution in [0.4, 0.5) is 18.9 Å². The second-order valence-electron chi connectivity index (χ2n) is 6.83. The first-order valence-corrected chi connectivity index (χ1v) is 12.0. The highest BCUT2D eigenvalue weighted by Gasteiger charge is 2.35. The summed E-state index contributed by atoms with van der Waals surface area (Å²) in [4.78, 5) is 12.3. The quantitative estimate of drug-likeness (QED) is 0.302. The van der Waals surface area contributed by atoms with Gasteiger partial charge in [-0.05, 0) is 53.2 Å². The van der Waals surface area contributed by atoms with Crippen LogP contribution in [0, 0.1) is 6.92 Å². The number of benzene rings is 2. The molecule has 1 heterocycles. The molecule has 1 amide bonds. The third-order valence-electron chi connectivity index (χ3n) is 4.42. The molecule has 0 saturated heterocycles. The molecule has 0 fully saturated rings. The number of rotatable bonds is 7. The van der Waals surface area contributed by atoms with E-state index in [4.69, 9.17) is 16.0 Å². The molecule has 0 aliphatic heterocycles. The molecule has 0 aliphatic carbocycles. The smallest absolute Gasteiger partial charge is 0.417 e. The van der Waals surface area contributed by atoms with Gasteiger partial charge in [0.15, 0.2) is 0 Å². The maximum atomic E-state index is 13.4. The first-order chi connectivity index (χ1) is 15.9. The zero-order chi connectivity index (χ0) is 25.1. The Bertz CT molecular complexity index is 1310. The molecule has 7 nitrogen and oxygen atoms in total. The summed E-state index contributed by atoms with van der Waals surface area (Å²) < 4.78 is 73.1. The van der Waals surface area contributed by atoms with Gasteiger partial charge in [-0.15, -0.1) is 0 Å². The van der Waals surface area contributed by atoms with Crippen LogP contribution in [0.2, 0.25) is 5.02 Å². The number of hydrogen-bond donors (Lipinski definition) is 1. The Kier molecular flexibility index (Phi) is 7.74. The highest BCUT2D eigenvalue weighted by molar-refractivity contribution is 9.10. The van der Waals surface area contributed by atoms with Gasteiger partial charge in [-0.2, -0.15) is 18.3 Å². The summed E-state index contributed by atoms with van der Waals surface area (Å²) in [6.07, 6.45) is -3.65. The Labute approximate surface area is 206 Å². The van der Waals surface area contributed by atoms with E-state index in [1.165, 1.54) is 30.5 Å². The third-order valence-corrected chi connectivity index (χ3v) is 7.32. The number of halogens is 5. The fourth-order valence-electron chi connectivity index (χ4n) is 2.80. The minimum atomic E-state index is -4.84. The lowest BCUT2D eigenvalue weighted by atomic mass is 10.2. The van der Waals surface area contributed by atoms with E-state index in [0.29, 0.717) is 26.4 Å². The molecule has 0 atom stereocenters. The number of hydrazone groups is 1. The van der Waals surface area contributed by atoms with Crippen molar-refractivity contribution in [3.63, 3.8) is 0 Å². The van der Waals surface area contributed by atoms with Crippen molar-refractivity contribution >= 4 is 55.4 Å². The fourth-order valence-corrected chi connectivity index (χ4v) is 4.76. The zero-order valence-corrected chi connectivity index (χ0v) is 20.5. The normalized spacial score (nSPS) is 12.2. The fraction of sp³-hybridized carbons (Fsp3) is 0.143. The molecule has 0 spiro atoms. The van der Waals surface area contributed by atoms with Crippen LogP contribution < -0.4 is 9.73 Å². The summed E-state index contributed by atoms with van der Waals surface area (Å²) in [6.45, 7) is 0.849. The Hall–Kier alpha value is -2.83. The van der Waals surface area contributed by atoms with Crippen molar-refractivity contribution in [2.24, 2.45) is 5.10 Å². The predicted molar refractivity (Wildman–Crippen MR) is 124 cm³/mol. The van der Waals surface area contributed by atoms with Crippen molar-refractivity contribution in [1.29, 1.82) is 0 Å². The van der Waals surface area contributed by atoms with Crippen LogP contribution in [0.3, 0.4) is 0 Å². The van der Waals surface area contributed by atoms with E-state index in [2.05, 4.69) is 26.5 Å². The van der Waals surface area contributed by atoms with Gasteiger partial charge >= 0.3 is 6.18 Å². The molecule has 34 heavy (non-hydrogen) atoms. The SMILES string of the molecule is Cc1oc(C=NNC(=O)CN(c2ccc(Cl)c(C(F)(F)F)c2)S(=O)(=O)c2ccccc2)cc1Br. The highest BCUT2D eigenvalue weighted by Crippen LogP contribution is 2.38. The lowest BCUT2D eigenvalue weighted by molar-refractivity contribution is -0.137. The molecule has 3 aromatic rings. The van der Waals surface area contributed by atoms with E-state index < -0.39 is 44.9 Å². The number of anilines is 1. The molecule has 0 saturated carbocycles. The number of carbonyl (C=O) groups excluding carboxylic acids is 1. The number of amides is 1. The van der Waals surface area contributed by atoms with Gasteiger partial charge in [0.2, 0.25) is 0 Å². The Morgan fingerprint density at radius 1 is 1.21 bits per heavy atom. The van der Waals surface area contributed by atoms with Crippen molar-refractivity contribution in [1.82, 2.24) is 5.43 Å². The number of hydrogen-bond acceptors (Lipinski definition) is 5. The minimum Gasteiger partial charge on any atom is -0.459 e. The number of aryl methyl sites for hydroxylation is 1. The lowest BCUT2D eigenvalue weighted by Gasteiger charge is -2.24. The van der Waals surface area contributed by atoms with Gasteiger partial charge in [-0.25, -0.2) is 13.8 Å². The zero-order valence-electron chi connectivity index (χ0n) is 17.3. The van der Waals surface area contributed by atoms with Crippen LogP contribution in [-0.4, -0.2) is 27.1 Å². The summed E-state index contributed by atoms with van der Waals surface area (Å²) in [5.41, 5.74) is 0.504. The van der Waals surface area contributed by atoms with Crippen molar-refractivity contribution < 1.29 is 30.8 Å². The van der Waals surface area contributed by atoms with Crippen molar-refractivity contribution in [2.45, 2.75) is 18.0 Å². The summed E-state index contributed by atoms with van der Waals surface area (Å²) in [7, 11) is -4.42. The standard InChI is InChI=1S/C21H16BrClF3N3O4S/c1-13-18(22)10-15(33-13)11-27-28-20(30)12-29(34(31,32)16-5-3-2-4-6-16)14-7-8-19(23)17(9-14)21(24,25)26/h2-11H,12H2,1H3,(H,28,30). The number of sulfonamides is 1. The minimum absolute atomic E-state index is 0.217. The van der Waals surface area contributed by atoms with Gasteiger partial charge < -0.3 is 4.42 Å². The van der Waals surface area contributed by atoms with E-state index in [1.54, 1.807) is 19.1 Å². The molecule has 0 unspecified atom stereocenters. The van der Waals surface area contributed by atoms with E-state index in [0.717, 1.165) is 12.1 Å². The lowest BCUT2D eigenvalue weighted by Crippen LogP contribution is -2.39. The first kappa shape index (κ1) is 25.8. The summed E-state index contributed by atoms with van der Waals surface area (Å²) in [5, 5.41) is 3.10. The van der Waals surface area contributed by atoms with Crippen LogP contribution in [0.5, 0.6) is 0 Å². The third kappa shape index (κ3) is 5.99. The summed E-state index contributed by atoms with van der Waals surface area (Å²) in [6, 6.07) is 11.2. The molecule has 180 valence electrons. The van der Waals surface area contributed by atoms with E-state index >= 15 is 0 Å². The molecular weight excluding hydrogens is 563 g/mol. The average molecular weight is 579 g/mol. The average Bonchev–Trinajstić information content (AvgIpc) is 3.09. The number of alkyl halides is 3. The number of carbonyl (C=O) groups is 1. The number of nitrogens with one attached hydrogen (secondary N) is 1. The molecule has 1 N–H and O–H groups in total. The Morgan fingerprint density at radius 2 is 1.88 bits per heavy atom. The Morgan fingerprint density at radius 3 is 2.47 bits per heavy atom. The van der Waals surface area contributed by atoms with E-state index in [-0.39, 0.29) is 4.90 Å². The molecule has 0 radical (unpaired) electrons. The van der Waals surface area contributed by atoms with E-state index in [9.17, 15) is 26.4 Å². The molecule has 0 bridgehead atoms. The first-order valence-electron chi connectivity index (χ1n) is 9.42. The summed E-state index contributed by atoms with van der Waals surface area (Å²) >= 11 is 8.92. The highest BCUT2D eigenvalue weighted by atomic mass is 79.9. The van der Waals surface area contributed by atoms with Crippen LogP contribution in [0.15, 0.2) is 73.5 Å². The van der Waals surface area contributed by atoms with Crippen molar-refractivity contribution in [3.05, 3.63) is 81.2 Å². The monoisotopic (exact) mass is 577 g/mol. The van der Waals surface area contributed by atoms with Gasteiger partial charge in [0.1, 0.15) is 18.1 Å². The van der Waals surface area contributed by atoms with Gasteiger partial charge in [0.05, 0.1) is 31.9 Å². The van der Waals surface area contributed by atoms with Gasteiger partial charge in [-0.3, -0.25) is 9.10 Å². The predicted octanol–water partition coefficient (Wildman–Crippen LogP) is 5.37. The molecule has 2 aromatic carbocycles. The summed E-state index contributed by atoms with van der Waals surface area (Å²) in [5.74, 6) is -0.0105. The molecule has 3 rings (SSSR count). The topological polar surface area (TPSA) is 92.0 Å².